The van der Waals surface area contributed by atoms with E-state index < -0.39 is 21.7 Å². The van der Waals surface area contributed by atoms with Crippen LogP contribution in [0, 0.1) is 5.82 Å². The van der Waals surface area contributed by atoms with Crippen LogP contribution in [0.5, 0.6) is 0 Å². The highest BCUT2D eigenvalue weighted by atomic mass is 35.5. The first kappa shape index (κ1) is 19.9. The first-order valence-corrected chi connectivity index (χ1v) is 9.94. The second-order valence-electron chi connectivity index (χ2n) is 6.04. The van der Waals surface area contributed by atoms with E-state index in [0.717, 1.165) is 0 Å². The highest BCUT2D eigenvalue weighted by Crippen LogP contribution is 2.37. The minimum absolute atomic E-state index is 0.129. The van der Waals surface area contributed by atoms with Gasteiger partial charge in [0.1, 0.15) is 11.0 Å². The molecule has 0 atom stereocenters. The quantitative estimate of drug-likeness (QED) is 0.618. The molecule has 9 heteroatoms. The zero-order chi connectivity index (χ0) is 20.5. The average Bonchev–Trinajstić information content (AvgIpc) is 2.62. The van der Waals surface area contributed by atoms with Gasteiger partial charge in [-0.3, -0.25) is 4.79 Å². The molecule has 2 aromatic carbocycles. The van der Waals surface area contributed by atoms with Crippen LogP contribution in [-0.4, -0.2) is 19.3 Å². The summed E-state index contributed by atoms with van der Waals surface area (Å²) in [5.74, 6) is -1.28. The van der Waals surface area contributed by atoms with Crippen LogP contribution in [0.25, 0.3) is 22.3 Å². The number of benzene rings is 2. The molecule has 0 aliphatic heterocycles. The molecule has 0 bridgehead atoms. The van der Waals surface area contributed by atoms with E-state index in [4.69, 9.17) is 22.5 Å². The maximum atomic E-state index is 14.4. The fraction of sp³-hybridized carbons (Fsp3) is 0.0526. The first-order valence-electron chi connectivity index (χ1n) is 8.01. The summed E-state index contributed by atoms with van der Waals surface area (Å²) < 4.78 is 38.7. The molecule has 1 aromatic heterocycles. The molecular formula is C19H15ClFN3O3S. The van der Waals surface area contributed by atoms with Crippen LogP contribution in [-0.2, 0) is 21.2 Å². The number of sulfonamides is 1. The summed E-state index contributed by atoms with van der Waals surface area (Å²) in [6.07, 6.45) is 1.17. The van der Waals surface area contributed by atoms with Gasteiger partial charge in [-0.1, -0.05) is 35.9 Å². The average molecular weight is 420 g/mol. The minimum atomic E-state index is -4.07. The Bertz CT molecular complexity index is 1170. The third kappa shape index (κ3) is 4.19. The van der Waals surface area contributed by atoms with Gasteiger partial charge in [-0.2, -0.15) is 0 Å². The molecule has 0 spiro atoms. The lowest BCUT2D eigenvalue weighted by Crippen LogP contribution is -2.15. The molecule has 6 nitrogen and oxygen atoms in total. The van der Waals surface area contributed by atoms with Crippen molar-refractivity contribution in [3.63, 3.8) is 0 Å². The van der Waals surface area contributed by atoms with Crippen molar-refractivity contribution in [3.8, 4) is 22.3 Å². The van der Waals surface area contributed by atoms with Crippen molar-refractivity contribution in [2.75, 3.05) is 0 Å². The number of carbonyl (C=O) groups excluding carboxylic acids is 1. The number of primary sulfonamides is 1. The lowest BCUT2D eigenvalue weighted by Gasteiger charge is -2.15. The number of hydrogen-bond donors (Lipinski definition) is 2. The van der Waals surface area contributed by atoms with E-state index in [2.05, 4.69) is 4.98 Å². The van der Waals surface area contributed by atoms with Crippen LogP contribution >= 0.6 is 11.6 Å². The molecular weight excluding hydrogens is 405 g/mol. The number of carbonyl (C=O) groups is 1. The number of nitrogens with zero attached hydrogens (tertiary/aromatic N) is 1. The fourth-order valence-corrected chi connectivity index (χ4v) is 3.77. The van der Waals surface area contributed by atoms with E-state index in [-0.39, 0.29) is 27.6 Å². The molecule has 0 radical (unpaired) electrons. The number of hydrogen-bond acceptors (Lipinski definition) is 4. The van der Waals surface area contributed by atoms with Crippen molar-refractivity contribution in [2.45, 2.75) is 11.3 Å². The summed E-state index contributed by atoms with van der Waals surface area (Å²) in [7, 11) is -4.07. The Hall–Kier alpha value is -2.81. The molecule has 1 heterocycles. The maximum Gasteiger partial charge on any atom is 0.238 e. The van der Waals surface area contributed by atoms with Gasteiger partial charge in [0, 0.05) is 17.3 Å². The Labute approximate surface area is 166 Å². The van der Waals surface area contributed by atoms with Crippen LogP contribution in [0.3, 0.4) is 0 Å². The first-order chi connectivity index (χ1) is 13.2. The van der Waals surface area contributed by atoms with Crippen LogP contribution in [0.2, 0.25) is 5.15 Å². The second kappa shape index (κ2) is 7.67. The molecule has 4 N–H and O–H groups in total. The maximum absolute atomic E-state index is 14.4. The second-order valence-corrected chi connectivity index (χ2v) is 7.96. The Morgan fingerprint density at radius 1 is 1.11 bits per heavy atom. The molecule has 28 heavy (non-hydrogen) atoms. The number of amides is 1. The van der Waals surface area contributed by atoms with E-state index in [9.17, 15) is 17.6 Å². The van der Waals surface area contributed by atoms with Gasteiger partial charge in [-0.05, 0) is 41.0 Å². The highest BCUT2D eigenvalue weighted by molar-refractivity contribution is 7.89. The molecule has 144 valence electrons. The monoisotopic (exact) mass is 419 g/mol. The number of nitrogens with two attached hydrogens (primary N) is 2. The zero-order valence-corrected chi connectivity index (χ0v) is 16.0. The van der Waals surface area contributed by atoms with Crippen molar-refractivity contribution < 1.29 is 17.6 Å². The predicted molar refractivity (Wildman–Crippen MR) is 104 cm³/mol. The van der Waals surface area contributed by atoms with Crippen molar-refractivity contribution >= 4 is 27.5 Å². The zero-order valence-electron chi connectivity index (χ0n) is 14.4. The van der Waals surface area contributed by atoms with Crippen LogP contribution in [0.1, 0.15) is 5.56 Å². The van der Waals surface area contributed by atoms with Crippen molar-refractivity contribution in [1.82, 2.24) is 4.98 Å². The summed E-state index contributed by atoms with van der Waals surface area (Å²) >= 11 is 5.82. The molecule has 0 saturated carbocycles. The number of primary amides is 1. The lowest BCUT2D eigenvalue weighted by atomic mass is 9.94. The number of rotatable bonds is 5. The van der Waals surface area contributed by atoms with Gasteiger partial charge in [0.05, 0.1) is 11.3 Å². The van der Waals surface area contributed by atoms with E-state index in [0.29, 0.717) is 16.7 Å². The predicted octanol–water partition coefficient (Wildman–Crippen LogP) is 2.88. The van der Waals surface area contributed by atoms with Gasteiger partial charge < -0.3 is 5.73 Å². The smallest absolute Gasteiger partial charge is 0.238 e. The Morgan fingerprint density at radius 3 is 2.39 bits per heavy atom. The summed E-state index contributed by atoms with van der Waals surface area (Å²) in [5.41, 5.74) is 6.82. The molecule has 0 aliphatic rings. The van der Waals surface area contributed by atoms with Crippen LogP contribution in [0.15, 0.2) is 59.6 Å². The summed E-state index contributed by atoms with van der Waals surface area (Å²) in [6, 6.07) is 11.9. The van der Waals surface area contributed by atoms with Crippen LogP contribution < -0.4 is 10.9 Å². The van der Waals surface area contributed by atoms with E-state index in [1.807, 2.05) is 0 Å². The van der Waals surface area contributed by atoms with Crippen LogP contribution in [0.4, 0.5) is 4.39 Å². The molecule has 0 fully saturated rings. The largest absolute Gasteiger partial charge is 0.369 e. The summed E-state index contributed by atoms with van der Waals surface area (Å²) in [4.78, 5) is 14.9. The summed E-state index contributed by atoms with van der Waals surface area (Å²) in [6.45, 7) is 0. The van der Waals surface area contributed by atoms with E-state index in [1.165, 1.54) is 36.5 Å². The number of halogens is 2. The molecule has 0 saturated heterocycles. The van der Waals surface area contributed by atoms with Crippen molar-refractivity contribution in [3.05, 3.63) is 71.3 Å². The third-order valence-electron chi connectivity index (χ3n) is 4.08. The Balaban J connectivity index is 2.26. The Morgan fingerprint density at radius 2 is 1.82 bits per heavy atom. The highest BCUT2D eigenvalue weighted by Gasteiger charge is 2.20. The molecule has 3 aromatic rings. The van der Waals surface area contributed by atoms with E-state index >= 15 is 0 Å². The van der Waals surface area contributed by atoms with Gasteiger partial charge in [-0.15, -0.1) is 0 Å². The number of pyridine rings is 1. The lowest BCUT2D eigenvalue weighted by molar-refractivity contribution is -0.117. The molecule has 1 amide bonds. The minimum Gasteiger partial charge on any atom is -0.369 e. The van der Waals surface area contributed by atoms with Gasteiger partial charge in [0.2, 0.25) is 15.9 Å². The molecule has 0 unspecified atom stereocenters. The Kier molecular flexibility index (Phi) is 5.46. The van der Waals surface area contributed by atoms with Gasteiger partial charge in [0.15, 0.2) is 0 Å². The third-order valence-corrected chi connectivity index (χ3v) is 5.25. The normalized spacial score (nSPS) is 11.4. The van der Waals surface area contributed by atoms with Crippen molar-refractivity contribution in [1.29, 1.82) is 0 Å². The van der Waals surface area contributed by atoms with Crippen molar-refractivity contribution in [2.24, 2.45) is 10.9 Å². The van der Waals surface area contributed by atoms with Gasteiger partial charge in [0.25, 0.3) is 0 Å². The number of aromatic nitrogens is 1. The SMILES string of the molecule is NC(=O)Cc1ccc(-c2cccc(S(N)(=O)=O)c2-c2ccc(Cl)nc2)cc1F. The van der Waals surface area contributed by atoms with Gasteiger partial charge >= 0.3 is 0 Å². The fourth-order valence-electron chi connectivity index (χ4n) is 2.88. The standard InChI is InChI=1S/C19H15ClFN3O3S/c20-17-7-6-13(10-24-17)19-14(2-1-3-16(19)28(23,26)27)11-4-5-12(9-18(22)25)15(21)8-11/h1-8,10H,9H2,(H2,22,25)(H2,23,26,27). The molecule has 3 rings (SSSR count). The van der Waals surface area contributed by atoms with Gasteiger partial charge in [-0.25, -0.2) is 22.9 Å². The van der Waals surface area contributed by atoms with E-state index in [1.54, 1.807) is 18.2 Å². The molecule has 0 aliphatic carbocycles. The summed E-state index contributed by atoms with van der Waals surface area (Å²) in [5, 5.41) is 5.62. The topological polar surface area (TPSA) is 116 Å².